The lowest BCUT2D eigenvalue weighted by Gasteiger charge is -2.12. The number of amides is 2. The van der Waals surface area contributed by atoms with Crippen LogP contribution in [0.2, 0.25) is 0 Å². The van der Waals surface area contributed by atoms with Crippen LogP contribution >= 0.6 is 27.7 Å². The Labute approximate surface area is 155 Å². The number of imide groups is 1. The van der Waals surface area contributed by atoms with Gasteiger partial charge in [0.15, 0.2) is 0 Å². The summed E-state index contributed by atoms with van der Waals surface area (Å²) < 4.78 is 0.881. The second-order valence-electron chi connectivity index (χ2n) is 5.25. The first-order valence-electron chi connectivity index (χ1n) is 7.18. The van der Waals surface area contributed by atoms with Crippen molar-refractivity contribution in [3.63, 3.8) is 0 Å². The minimum atomic E-state index is -0.495. The molecular weight excluding hydrogens is 408 g/mol. The molecule has 2 amide bonds. The fourth-order valence-corrected chi connectivity index (χ4v) is 3.54. The highest BCUT2D eigenvalue weighted by atomic mass is 79.9. The van der Waals surface area contributed by atoms with Gasteiger partial charge in [0.25, 0.3) is 16.8 Å². The van der Waals surface area contributed by atoms with Crippen LogP contribution in [0.3, 0.4) is 0 Å². The Morgan fingerprint density at radius 1 is 1.16 bits per heavy atom. The molecule has 0 aliphatic carbocycles. The second kappa shape index (κ2) is 7.20. The van der Waals surface area contributed by atoms with E-state index in [0.717, 1.165) is 26.7 Å². The van der Waals surface area contributed by atoms with Gasteiger partial charge in [-0.15, -0.1) is 0 Å². The monoisotopic (exact) mass is 418 g/mol. The van der Waals surface area contributed by atoms with Gasteiger partial charge in [0.1, 0.15) is 0 Å². The maximum Gasteiger partial charge on any atom is 0.293 e. The number of hydrogen-bond acceptors (Lipinski definition) is 5. The Balaban J connectivity index is 1.78. The van der Waals surface area contributed by atoms with Crippen LogP contribution in [0, 0.1) is 10.1 Å². The third kappa shape index (κ3) is 3.97. The molecule has 1 aliphatic heterocycles. The molecule has 25 heavy (non-hydrogen) atoms. The lowest BCUT2D eigenvalue weighted by atomic mass is 10.2. The third-order valence-electron chi connectivity index (χ3n) is 3.51. The molecule has 0 atom stereocenters. The zero-order chi connectivity index (χ0) is 18.0. The summed E-state index contributed by atoms with van der Waals surface area (Å²) >= 11 is 4.25. The second-order valence-corrected chi connectivity index (χ2v) is 7.16. The van der Waals surface area contributed by atoms with Gasteiger partial charge in [-0.1, -0.05) is 40.2 Å². The Kier molecular flexibility index (Phi) is 5.00. The maximum atomic E-state index is 12.5. The van der Waals surface area contributed by atoms with E-state index in [1.807, 2.05) is 24.3 Å². The molecule has 8 heteroatoms. The zero-order valence-corrected chi connectivity index (χ0v) is 15.1. The van der Waals surface area contributed by atoms with Crippen molar-refractivity contribution in [2.75, 3.05) is 0 Å². The molecule has 0 unspecified atom stereocenters. The average Bonchev–Trinajstić information content (AvgIpc) is 2.83. The Morgan fingerprint density at radius 3 is 2.52 bits per heavy atom. The number of hydrogen-bond donors (Lipinski definition) is 0. The van der Waals surface area contributed by atoms with E-state index in [9.17, 15) is 19.7 Å². The van der Waals surface area contributed by atoms with Crippen LogP contribution < -0.4 is 0 Å². The topological polar surface area (TPSA) is 80.5 Å². The van der Waals surface area contributed by atoms with Crippen LogP contribution in [0.1, 0.15) is 11.1 Å². The molecule has 0 N–H and O–H groups in total. The van der Waals surface area contributed by atoms with Gasteiger partial charge in [0, 0.05) is 16.6 Å². The Morgan fingerprint density at radius 2 is 1.88 bits per heavy atom. The molecule has 1 saturated heterocycles. The maximum absolute atomic E-state index is 12.5. The number of carbonyl (C=O) groups excluding carboxylic acids is 2. The number of nitrogens with zero attached hydrogens (tertiary/aromatic N) is 2. The van der Waals surface area contributed by atoms with E-state index in [0.29, 0.717) is 10.5 Å². The highest BCUT2D eigenvalue weighted by Gasteiger charge is 2.35. The minimum absolute atomic E-state index is 0.0348. The molecule has 1 fully saturated rings. The molecule has 6 nitrogen and oxygen atoms in total. The summed E-state index contributed by atoms with van der Waals surface area (Å²) in [4.78, 5) is 36.3. The summed E-state index contributed by atoms with van der Waals surface area (Å²) in [5.74, 6) is -0.367. The van der Waals surface area contributed by atoms with E-state index in [2.05, 4.69) is 15.9 Å². The van der Waals surface area contributed by atoms with Crippen molar-refractivity contribution >= 4 is 50.6 Å². The number of benzene rings is 2. The highest BCUT2D eigenvalue weighted by Crippen LogP contribution is 2.33. The standard InChI is InChI=1S/C17H11BrN2O4S/c18-13-3-1-2-12(8-13)9-15-16(21)19(17(22)25-15)10-11-4-6-14(7-5-11)20(23)24/h1-9H,10H2/b15-9-. The van der Waals surface area contributed by atoms with Crippen LogP contribution in [0.15, 0.2) is 57.9 Å². The van der Waals surface area contributed by atoms with Crippen LogP contribution in [0.25, 0.3) is 6.08 Å². The molecule has 0 spiro atoms. The summed E-state index contributed by atoms with van der Waals surface area (Å²) in [6, 6.07) is 13.2. The summed E-state index contributed by atoms with van der Waals surface area (Å²) in [7, 11) is 0. The van der Waals surface area contributed by atoms with Crippen LogP contribution in [-0.2, 0) is 11.3 Å². The van der Waals surface area contributed by atoms with E-state index in [1.165, 1.54) is 12.1 Å². The molecule has 1 heterocycles. The lowest BCUT2D eigenvalue weighted by molar-refractivity contribution is -0.384. The fourth-order valence-electron chi connectivity index (χ4n) is 2.29. The van der Waals surface area contributed by atoms with Crippen molar-refractivity contribution in [2.24, 2.45) is 0 Å². The number of non-ortho nitro benzene ring substituents is 1. The highest BCUT2D eigenvalue weighted by molar-refractivity contribution is 9.10. The predicted octanol–water partition coefficient (Wildman–Crippen LogP) is 4.59. The van der Waals surface area contributed by atoms with Crippen molar-refractivity contribution in [3.05, 3.63) is 79.2 Å². The van der Waals surface area contributed by atoms with Crippen molar-refractivity contribution in [1.82, 2.24) is 4.90 Å². The van der Waals surface area contributed by atoms with Crippen molar-refractivity contribution < 1.29 is 14.5 Å². The molecule has 1 aliphatic rings. The number of halogens is 1. The van der Waals surface area contributed by atoms with Crippen LogP contribution in [0.5, 0.6) is 0 Å². The molecule has 0 radical (unpaired) electrons. The van der Waals surface area contributed by atoms with E-state index < -0.39 is 4.92 Å². The SMILES string of the molecule is O=C1S/C(=C\c2cccc(Br)c2)C(=O)N1Cc1ccc([N+](=O)[O-])cc1. The largest absolute Gasteiger partial charge is 0.293 e. The molecule has 0 saturated carbocycles. The molecule has 126 valence electrons. The van der Waals surface area contributed by atoms with Crippen molar-refractivity contribution in [1.29, 1.82) is 0 Å². The van der Waals surface area contributed by atoms with Crippen LogP contribution in [0.4, 0.5) is 10.5 Å². The summed E-state index contributed by atoms with van der Waals surface area (Å²) in [5, 5.41) is 10.3. The van der Waals surface area contributed by atoms with Gasteiger partial charge in [0.2, 0.25) is 0 Å². The molecule has 2 aromatic carbocycles. The van der Waals surface area contributed by atoms with Gasteiger partial charge >= 0.3 is 0 Å². The first kappa shape index (κ1) is 17.4. The Bertz CT molecular complexity index is 896. The van der Waals surface area contributed by atoms with Gasteiger partial charge in [-0.25, -0.2) is 0 Å². The number of carbonyl (C=O) groups is 2. The zero-order valence-electron chi connectivity index (χ0n) is 12.7. The first-order valence-corrected chi connectivity index (χ1v) is 8.79. The fraction of sp³-hybridized carbons (Fsp3) is 0.0588. The molecule has 3 rings (SSSR count). The minimum Gasteiger partial charge on any atom is -0.268 e. The smallest absolute Gasteiger partial charge is 0.268 e. The van der Waals surface area contributed by atoms with E-state index >= 15 is 0 Å². The predicted molar refractivity (Wildman–Crippen MR) is 98.8 cm³/mol. The van der Waals surface area contributed by atoms with E-state index in [-0.39, 0.29) is 23.4 Å². The van der Waals surface area contributed by atoms with Gasteiger partial charge in [-0.3, -0.25) is 24.6 Å². The number of nitro groups is 1. The van der Waals surface area contributed by atoms with E-state index in [4.69, 9.17) is 0 Å². The summed E-state index contributed by atoms with van der Waals surface area (Å²) in [6.45, 7) is 0.0818. The molecule has 0 aromatic heterocycles. The summed E-state index contributed by atoms with van der Waals surface area (Å²) in [6.07, 6.45) is 1.67. The van der Waals surface area contributed by atoms with Gasteiger partial charge in [-0.05, 0) is 41.1 Å². The third-order valence-corrected chi connectivity index (χ3v) is 4.91. The van der Waals surface area contributed by atoms with Gasteiger partial charge in [0.05, 0.1) is 16.4 Å². The van der Waals surface area contributed by atoms with Crippen LogP contribution in [-0.4, -0.2) is 21.0 Å². The average molecular weight is 419 g/mol. The first-order chi connectivity index (χ1) is 11.9. The molecular formula is C17H11BrN2O4S. The van der Waals surface area contributed by atoms with Crippen molar-refractivity contribution in [2.45, 2.75) is 6.54 Å². The normalized spacial score (nSPS) is 15.9. The number of rotatable bonds is 4. The van der Waals surface area contributed by atoms with Gasteiger partial charge in [-0.2, -0.15) is 0 Å². The molecule has 2 aromatic rings. The Hall–Kier alpha value is -2.45. The van der Waals surface area contributed by atoms with Gasteiger partial charge < -0.3 is 0 Å². The lowest BCUT2D eigenvalue weighted by Crippen LogP contribution is -2.27. The number of nitro benzene ring substituents is 1. The quantitative estimate of drug-likeness (QED) is 0.411. The summed E-state index contributed by atoms with van der Waals surface area (Å²) in [5.41, 5.74) is 1.43. The van der Waals surface area contributed by atoms with Crippen molar-refractivity contribution in [3.8, 4) is 0 Å². The van der Waals surface area contributed by atoms with E-state index in [1.54, 1.807) is 18.2 Å². The number of thioether (sulfide) groups is 1. The molecule has 0 bridgehead atoms.